The Hall–Kier alpha value is -0.940. The average Bonchev–Trinajstić information content (AvgIpc) is 2.56. The smallest absolute Gasteiger partial charge is 0.347 e. The lowest BCUT2D eigenvalue weighted by molar-refractivity contribution is 0.0701. The van der Waals surface area contributed by atoms with E-state index in [0.717, 1.165) is 17.8 Å². The molecule has 0 aliphatic carbocycles. The molecule has 0 aliphatic heterocycles. The van der Waals surface area contributed by atoms with Crippen molar-refractivity contribution in [3.8, 4) is 0 Å². The van der Waals surface area contributed by atoms with E-state index in [-0.39, 0.29) is 6.10 Å². The number of ether oxygens (including phenoxy) is 1. The Bertz CT molecular complexity index is 348. The topological polar surface area (TPSA) is 59.4 Å². The molecule has 0 amide bonds. The maximum Gasteiger partial charge on any atom is 0.347 e. The number of hydrogen-bond acceptors (Lipinski definition) is 4. The van der Waals surface area contributed by atoms with Crippen LogP contribution in [0.1, 0.15) is 46.2 Å². The lowest BCUT2D eigenvalue weighted by Gasteiger charge is -2.10. The number of carboxylic acid groups (broad SMARTS) is 1. The van der Waals surface area contributed by atoms with Gasteiger partial charge in [0.15, 0.2) is 0 Å². The van der Waals surface area contributed by atoms with Gasteiger partial charge in [-0.25, -0.2) is 9.78 Å². The minimum atomic E-state index is -0.914. The van der Waals surface area contributed by atoms with Crippen LogP contribution in [0.4, 0.5) is 0 Å². The Morgan fingerprint density at radius 3 is 2.73 bits per heavy atom. The van der Waals surface area contributed by atoms with Crippen LogP contribution in [0.2, 0.25) is 0 Å². The molecule has 5 heteroatoms. The molecular formula is C10H15NO3S. The highest BCUT2D eigenvalue weighted by Crippen LogP contribution is 2.28. The third-order valence-electron chi connectivity index (χ3n) is 2.12. The first-order valence-electron chi connectivity index (χ1n) is 4.83. The lowest BCUT2D eigenvalue weighted by atomic mass is 10.2. The number of hydrogen-bond donors (Lipinski definition) is 1. The zero-order valence-corrected chi connectivity index (χ0v) is 9.93. The van der Waals surface area contributed by atoms with Gasteiger partial charge in [0.1, 0.15) is 16.0 Å². The minimum Gasteiger partial charge on any atom is -0.477 e. The Kier molecular flexibility index (Phi) is 4.23. The number of methoxy groups -OCH3 is 1. The molecular weight excluding hydrogens is 214 g/mol. The molecule has 84 valence electrons. The Labute approximate surface area is 92.9 Å². The fourth-order valence-corrected chi connectivity index (χ4v) is 2.38. The first-order chi connectivity index (χ1) is 7.10. The van der Waals surface area contributed by atoms with Crippen LogP contribution in [-0.2, 0) is 4.74 Å². The molecule has 1 aromatic rings. The van der Waals surface area contributed by atoms with Crippen molar-refractivity contribution in [1.29, 1.82) is 0 Å². The maximum absolute atomic E-state index is 10.8. The van der Waals surface area contributed by atoms with Gasteiger partial charge < -0.3 is 9.84 Å². The van der Waals surface area contributed by atoms with Gasteiger partial charge in [0, 0.05) is 7.11 Å². The zero-order valence-electron chi connectivity index (χ0n) is 9.11. The second-order valence-electron chi connectivity index (χ2n) is 3.28. The van der Waals surface area contributed by atoms with Crippen LogP contribution in [0.5, 0.6) is 0 Å². The summed E-state index contributed by atoms with van der Waals surface area (Å²) in [6.45, 7) is 3.77. The van der Waals surface area contributed by atoms with Gasteiger partial charge in [-0.05, 0) is 13.3 Å². The molecule has 1 unspecified atom stereocenters. The summed E-state index contributed by atoms with van der Waals surface area (Å²) in [5, 5.41) is 9.65. The molecule has 1 N–H and O–H groups in total. The standard InChI is InChI=1S/C10H15NO3S/c1-4-5-7(14-3)9-11-6(2)8(15-9)10(12)13/h7H,4-5H2,1-3H3,(H,12,13). The second kappa shape index (κ2) is 5.23. The van der Waals surface area contributed by atoms with E-state index in [1.54, 1.807) is 14.0 Å². The van der Waals surface area contributed by atoms with Gasteiger partial charge in [-0.1, -0.05) is 13.3 Å². The van der Waals surface area contributed by atoms with Crippen LogP contribution in [0.15, 0.2) is 0 Å². The van der Waals surface area contributed by atoms with Crippen LogP contribution < -0.4 is 0 Å². The summed E-state index contributed by atoms with van der Waals surface area (Å²) in [5.41, 5.74) is 0.570. The second-order valence-corrected chi connectivity index (χ2v) is 4.32. The van der Waals surface area contributed by atoms with Crippen molar-refractivity contribution in [2.45, 2.75) is 32.8 Å². The van der Waals surface area contributed by atoms with Gasteiger partial charge in [-0.2, -0.15) is 0 Å². The van der Waals surface area contributed by atoms with E-state index in [2.05, 4.69) is 11.9 Å². The predicted molar refractivity (Wildman–Crippen MR) is 58.5 cm³/mol. The Morgan fingerprint density at radius 2 is 2.33 bits per heavy atom. The SMILES string of the molecule is CCCC(OC)c1nc(C)c(C(=O)O)s1. The summed E-state index contributed by atoms with van der Waals surface area (Å²) in [5.74, 6) is -0.914. The highest BCUT2D eigenvalue weighted by atomic mass is 32.1. The molecule has 0 aliphatic rings. The van der Waals surface area contributed by atoms with Crippen molar-refractivity contribution in [3.63, 3.8) is 0 Å². The van der Waals surface area contributed by atoms with Gasteiger partial charge in [0.05, 0.1) is 5.69 Å². The number of carbonyl (C=O) groups is 1. The Morgan fingerprint density at radius 1 is 1.67 bits per heavy atom. The summed E-state index contributed by atoms with van der Waals surface area (Å²) in [6.07, 6.45) is 1.77. The molecule has 0 bridgehead atoms. The average molecular weight is 229 g/mol. The molecule has 1 heterocycles. The Balaban J connectivity index is 2.94. The van der Waals surface area contributed by atoms with Crippen molar-refractivity contribution >= 4 is 17.3 Å². The lowest BCUT2D eigenvalue weighted by Crippen LogP contribution is -2.00. The van der Waals surface area contributed by atoms with Crippen molar-refractivity contribution in [3.05, 3.63) is 15.6 Å². The number of thiazole rings is 1. The minimum absolute atomic E-state index is 0.0770. The van der Waals surface area contributed by atoms with Gasteiger partial charge in [-0.3, -0.25) is 0 Å². The van der Waals surface area contributed by atoms with Crippen LogP contribution in [0, 0.1) is 6.92 Å². The van der Waals surface area contributed by atoms with Crippen LogP contribution >= 0.6 is 11.3 Å². The van der Waals surface area contributed by atoms with Crippen LogP contribution in [0.3, 0.4) is 0 Å². The fourth-order valence-electron chi connectivity index (χ4n) is 1.36. The molecule has 1 rings (SSSR count). The number of carboxylic acids is 1. The number of aryl methyl sites for hydroxylation is 1. The molecule has 1 aromatic heterocycles. The van der Waals surface area contributed by atoms with E-state index in [1.807, 2.05) is 0 Å². The van der Waals surface area contributed by atoms with Gasteiger partial charge >= 0.3 is 5.97 Å². The molecule has 4 nitrogen and oxygen atoms in total. The van der Waals surface area contributed by atoms with E-state index >= 15 is 0 Å². The maximum atomic E-state index is 10.8. The molecule has 0 saturated heterocycles. The third-order valence-corrected chi connectivity index (χ3v) is 3.36. The number of nitrogens with zero attached hydrogens (tertiary/aromatic N) is 1. The molecule has 0 radical (unpaired) electrons. The number of aromatic nitrogens is 1. The van der Waals surface area contributed by atoms with Gasteiger partial charge in [-0.15, -0.1) is 11.3 Å². The molecule has 0 fully saturated rings. The molecule has 0 spiro atoms. The van der Waals surface area contributed by atoms with Crippen molar-refractivity contribution in [2.24, 2.45) is 0 Å². The summed E-state index contributed by atoms with van der Waals surface area (Å²) in [6, 6.07) is 0. The predicted octanol–water partition coefficient (Wildman–Crippen LogP) is 2.64. The van der Waals surface area contributed by atoms with E-state index in [9.17, 15) is 4.79 Å². The molecule has 0 aromatic carbocycles. The number of aromatic carboxylic acids is 1. The largest absolute Gasteiger partial charge is 0.477 e. The fraction of sp³-hybridized carbons (Fsp3) is 0.600. The van der Waals surface area contributed by atoms with E-state index in [0.29, 0.717) is 10.6 Å². The highest BCUT2D eigenvalue weighted by molar-refractivity contribution is 7.13. The van der Waals surface area contributed by atoms with Crippen molar-refractivity contribution in [1.82, 2.24) is 4.98 Å². The zero-order chi connectivity index (χ0) is 11.4. The quantitative estimate of drug-likeness (QED) is 0.843. The summed E-state index contributed by atoms with van der Waals surface area (Å²) in [4.78, 5) is 15.4. The van der Waals surface area contributed by atoms with Crippen molar-refractivity contribution in [2.75, 3.05) is 7.11 Å². The first kappa shape index (κ1) is 12.1. The highest BCUT2D eigenvalue weighted by Gasteiger charge is 2.19. The van der Waals surface area contributed by atoms with Crippen LogP contribution in [-0.4, -0.2) is 23.2 Å². The molecule has 0 saturated carbocycles. The molecule has 1 atom stereocenters. The normalized spacial score (nSPS) is 12.7. The van der Waals surface area contributed by atoms with Gasteiger partial charge in [0.25, 0.3) is 0 Å². The molecule has 15 heavy (non-hydrogen) atoms. The number of rotatable bonds is 5. The van der Waals surface area contributed by atoms with Crippen LogP contribution in [0.25, 0.3) is 0 Å². The van der Waals surface area contributed by atoms with E-state index in [1.165, 1.54) is 11.3 Å². The third kappa shape index (κ3) is 2.76. The summed E-state index contributed by atoms with van der Waals surface area (Å²) in [7, 11) is 1.62. The summed E-state index contributed by atoms with van der Waals surface area (Å²) >= 11 is 1.20. The monoisotopic (exact) mass is 229 g/mol. The van der Waals surface area contributed by atoms with E-state index in [4.69, 9.17) is 9.84 Å². The van der Waals surface area contributed by atoms with E-state index < -0.39 is 5.97 Å². The summed E-state index contributed by atoms with van der Waals surface area (Å²) < 4.78 is 5.28. The van der Waals surface area contributed by atoms with Gasteiger partial charge in [0.2, 0.25) is 0 Å². The van der Waals surface area contributed by atoms with Crippen molar-refractivity contribution < 1.29 is 14.6 Å². The first-order valence-corrected chi connectivity index (χ1v) is 5.65.